The fraction of sp³-hybridized carbons (Fsp3) is 0.333. The maximum Gasteiger partial charge on any atom is 0.118 e. The molecule has 0 aromatic heterocycles. The van der Waals surface area contributed by atoms with Crippen LogP contribution in [0.25, 0.3) is 0 Å². The molecule has 0 radical (unpaired) electrons. The molecule has 1 heterocycles. The van der Waals surface area contributed by atoms with E-state index < -0.39 is 0 Å². The van der Waals surface area contributed by atoms with Crippen LogP contribution >= 0.6 is 11.6 Å². The highest BCUT2D eigenvalue weighted by Gasteiger charge is 2.20. The highest BCUT2D eigenvalue weighted by Crippen LogP contribution is 2.25. The van der Waals surface area contributed by atoms with Gasteiger partial charge in [-0.15, -0.1) is 0 Å². The van der Waals surface area contributed by atoms with Crippen LogP contribution in [0.2, 0.25) is 5.02 Å². The Morgan fingerprint density at radius 3 is 2.25 bits per heavy atom. The Hall–Kier alpha value is -1.95. The van der Waals surface area contributed by atoms with E-state index in [0.717, 1.165) is 29.4 Å². The first-order valence-electron chi connectivity index (χ1n) is 8.41. The minimum atomic E-state index is 0.115. The van der Waals surface area contributed by atoms with Crippen molar-refractivity contribution in [3.8, 4) is 17.6 Å². The summed E-state index contributed by atoms with van der Waals surface area (Å²) in [5.41, 5.74) is 2.22. The molecule has 0 saturated carbocycles. The van der Waals surface area contributed by atoms with E-state index in [1.165, 1.54) is 24.8 Å². The van der Waals surface area contributed by atoms with Crippen molar-refractivity contribution >= 4 is 11.6 Å². The lowest BCUT2D eigenvalue weighted by molar-refractivity contribution is 0.197. The van der Waals surface area contributed by atoms with Crippen molar-refractivity contribution in [3.05, 3.63) is 64.7 Å². The topological polar surface area (TPSA) is 12.5 Å². The number of rotatable bonds is 3. The molecule has 0 amide bonds. The second-order valence-corrected chi connectivity index (χ2v) is 6.48. The van der Waals surface area contributed by atoms with Crippen LogP contribution in [-0.2, 0) is 0 Å². The average Bonchev–Trinajstić information content (AvgIpc) is 2.65. The van der Waals surface area contributed by atoms with Crippen molar-refractivity contribution < 1.29 is 4.74 Å². The minimum absolute atomic E-state index is 0.115. The van der Waals surface area contributed by atoms with E-state index in [-0.39, 0.29) is 6.04 Å². The van der Waals surface area contributed by atoms with E-state index in [1.54, 1.807) is 7.11 Å². The Morgan fingerprint density at radius 1 is 0.958 bits per heavy atom. The van der Waals surface area contributed by atoms with E-state index in [0.29, 0.717) is 0 Å². The van der Waals surface area contributed by atoms with Gasteiger partial charge in [0.05, 0.1) is 13.2 Å². The molecule has 1 fully saturated rings. The summed E-state index contributed by atoms with van der Waals surface area (Å²) in [7, 11) is 1.67. The summed E-state index contributed by atoms with van der Waals surface area (Å²) in [6.45, 7) is 2.20. The van der Waals surface area contributed by atoms with Gasteiger partial charge in [-0.3, -0.25) is 4.90 Å². The molecule has 1 atom stereocenters. The SMILES string of the molecule is COc1ccc(C#CC(c2ccc(Cl)cc2)N2CCCCC2)cc1. The Labute approximate surface area is 149 Å². The molecule has 0 aliphatic carbocycles. The van der Waals surface area contributed by atoms with Crippen LogP contribution in [-0.4, -0.2) is 25.1 Å². The molecule has 1 unspecified atom stereocenters. The molecule has 24 heavy (non-hydrogen) atoms. The van der Waals surface area contributed by atoms with Gasteiger partial charge in [0.25, 0.3) is 0 Å². The summed E-state index contributed by atoms with van der Waals surface area (Å²) in [5.74, 6) is 7.65. The monoisotopic (exact) mass is 339 g/mol. The van der Waals surface area contributed by atoms with Crippen LogP contribution in [0, 0.1) is 11.8 Å². The molecule has 0 spiro atoms. The van der Waals surface area contributed by atoms with Gasteiger partial charge >= 0.3 is 0 Å². The van der Waals surface area contributed by atoms with Gasteiger partial charge < -0.3 is 4.74 Å². The quantitative estimate of drug-likeness (QED) is 0.735. The second-order valence-electron chi connectivity index (χ2n) is 6.05. The van der Waals surface area contributed by atoms with E-state index in [9.17, 15) is 0 Å². The summed E-state index contributed by atoms with van der Waals surface area (Å²) in [6.07, 6.45) is 3.80. The van der Waals surface area contributed by atoms with Crippen LogP contribution in [0.3, 0.4) is 0 Å². The van der Waals surface area contributed by atoms with Gasteiger partial charge in [0.2, 0.25) is 0 Å². The second kappa shape index (κ2) is 8.24. The lowest BCUT2D eigenvalue weighted by Crippen LogP contribution is -2.33. The van der Waals surface area contributed by atoms with E-state index in [4.69, 9.17) is 16.3 Å². The molecule has 0 N–H and O–H groups in total. The van der Waals surface area contributed by atoms with Crippen LogP contribution in [0.5, 0.6) is 5.75 Å². The summed E-state index contributed by atoms with van der Waals surface area (Å²) in [4.78, 5) is 2.48. The van der Waals surface area contributed by atoms with Gasteiger partial charge in [-0.25, -0.2) is 0 Å². The van der Waals surface area contributed by atoms with Crippen molar-refractivity contribution in [3.63, 3.8) is 0 Å². The maximum atomic E-state index is 6.04. The van der Waals surface area contributed by atoms with Crippen LogP contribution < -0.4 is 4.74 Å². The third kappa shape index (κ3) is 4.32. The first-order valence-corrected chi connectivity index (χ1v) is 8.79. The van der Waals surface area contributed by atoms with E-state index >= 15 is 0 Å². The average molecular weight is 340 g/mol. The maximum absolute atomic E-state index is 6.04. The number of benzene rings is 2. The van der Waals surface area contributed by atoms with Gasteiger partial charge in [0, 0.05) is 10.6 Å². The number of piperidine rings is 1. The van der Waals surface area contributed by atoms with Gasteiger partial charge in [-0.1, -0.05) is 42.0 Å². The summed E-state index contributed by atoms with van der Waals surface area (Å²) >= 11 is 6.04. The van der Waals surface area contributed by atoms with Gasteiger partial charge in [-0.2, -0.15) is 0 Å². The van der Waals surface area contributed by atoms with Crippen molar-refractivity contribution in [2.24, 2.45) is 0 Å². The molecule has 2 aromatic rings. The molecule has 1 aliphatic rings. The van der Waals surface area contributed by atoms with Crippen LogP contribution in [0.1, 0.15) is 36.4 Å². The zero-order valence-corrected chi connectivity index (χ0v) is 14.7. The third-order valence-corrected chi connectivity index (χ3v) is 4.64. The number of halogens is 1. The molecule has 3 rings (SSSR count). The lowest BCUT2D eigenvalue weighted by Gasteiger charge is -2.31. The number of nitrogens with zero attached hydrogens (tertiary/aromatic N) is 1. The Bertz CT molecular complexity index is 706. The third-order valence-electron chi connectivity index (χ3n) is 4.38. The van der Waals surface area contributed by atoms with Gasteiger partial charge in [0.1, 0.15) is 5.75 Å². The number of hydrogen-bond acceptors (Lipinski definition) is 2. The Kier molecular flexibility index (Phi) is 5.80. The van der Waals surface area contributed by atoms with Crippen LogP contribution in [0.4, 0.5) is 0 Å². The highest BCUT2D eigenvalue weighted by molar-refractivity contribution is 6.30. The molecule has 124 valence electrons. The molecule has 2 aromatic carbocycles. The standard InChI is InChI=1S/C21H22ClNO/c1-24-20-12-5-17(6-13-20)7-14-21(23-15-3-2-4-16-23)18-8-10-19(22)11-9-18/h5-6,8-13,21H,2-4,15-16H2,1H3. The number of methoxy groups -OCH3 is 1. The van der Waals surface area contributed by atoms with Crippen molar-refractivity contribution in [2.45, 2.75) is 25.3 Å². The van der Waals surface area contributed by atoms with E-state index in [2.05, 4.69) is 28.9 Å². The molecule has 1 aliphatic heterocycles. The number of hydrogen-bond donors (Lipinski definition) is 0. The highest BCUT2D eigenvalue weighted by atomic mass is 35.5. The van der Waals surface area contributed by atoms with Crippen molar-refractivity contribution in [1.29, 1.82) is 0 Å². The van der Waals surface area contributed by atoms with Crippen molar-refractivity contribution in [2.75, 3.05) is 20.2 Å². The predicted octanol–water partition coefficient (Wildman–Crippen LogP) is 4.93. The first kappa shape index (κ1) is 16.9. The normalized spacial score (nSPS) is 16.1. The van der Waals surface area contributed by atoms with Crippen molar-refractivity contribution in [1.82, 2.24) is 4.90 Å². The van der Waals surface area contributed by atoms with Gasteiger partial charge in [-0.05, 0) is 67.9 Å². The van der Waals surface area contributed by atoms with E-state index in [1.807, 2.05) is 36.4 Å². The molecule has 2 nitrogen and oxygen atoms in total. The van der Waals surface area contributed by atoms with Gasteiger partial charge in [0.15, 0.2) is 0 Å². The molecular formula is C21H22ClNO. The zero-order chi connectivity index (χ0) is 16.8. The summed E-state index contributed by atoms with van der Waals surface area (Å²) in [6, 6.07) is 16.1. The zero-order valence-electron chi connectivity index (χ0n) is 14.0. The molecular weight excluding hydrogens is 318 g/mol. The minimum Gasteiger partial charge on any atom is -0.497 e. The fourth-order valence-electron chi connectivity index (χ4n) is 3.03. The number of ether oxygens (including phenoxy) is 1. The molecule has 0 bridgehead atoms. The number of likely N-dealkylation sites (tertiary alicyclic amines) is 1. The summed E-state index contributed by atoms with van der Waals surface area (Å²) < 4.78 is 5.20. The predicted molar refractivity (Wildman–Crippen MR) is 99.5 cm³/mol. The fourth-order valence-corrected chi connectivity index (χ4v) is 3.16. The molecule has 3 heteroatoms. The molecule has 1 saturated heterocycles. The summed E-state index contributed by atoms with van der Waals surface area (Å²) in [5, 5.41) is 0.763. The van der Waals surface area contributed by atoms with Crippen LogP contribution in [0.15, 0.2) is 48.5 Å². The Balaban J connectivity index is 1.86. The first-order chi connectivity index (χ1) is 11.8. The lowest BCUT2D eigenvalue weighted by atomic mass is 10.0. The smallest absolute Gasteiger partial charge is 0.118 e. The Morgan fingerprint density at radius 2 is 1.62 bits per heavy atom. The largest absolute Gasteiger partial charge is 0.497 e.